The standard InChI is InChI=1S/C13H17NO3S/c1-15-11-7-6-10(5-4-8-18-9-14)12(16-2)13(11)17-3/h6-7H,4-5,8H2,1-3H3. The summed E-state index contributed by atoms with van der Waals surface area (Å²) in [5.41, 5.74) is 1.06. The Balaban J connectivity index is 2.88. The Kier molecular flexibility index (Phi) is 6.23. The molecule has 0 bridgehead atoms. The van der Waals surface area contributed by atoms with Crippen LogP contribution in [-0.4, -0.2) is 27.1 Å². The second-order valence-corrected chi connectivity index (χ2v) is 4.42. The summed E-state index contributed by atoms with van der Waals surface area (Å²) in [4.78, 5) is 0. The molecule has 0 N–H and O–H groups in total. The van der Waals surface area contributed by atoms with Crippen molar-refractivity contribution in [2.45, 2.75) is 12.8 Å². The van der Waals surface area contributed by atoms with Crippen LogP contribution in [0.25, 0.3) is 0 Å². The number of hydrogen-bond donors (Lipinski definition) is 0. The van der Waals surface area contributed by atoms with E-state index in [1.165, 1.54) is 11.8 Å². The number of aryl methyl sites for hydroxylation is 1. The summed E-state index contributed by atoms with van der Waals surface area (Å²) in [5, 5.41) is 10.5. The Hall–Kier alpha value is -1.54. The highest BCUT2D eigenvalue weighted by Gasteiger charge is 2.15. The third-order valence-corrected chi connectivity index (χ3v) is 3.16. The maximum absolute atomic E-state index is 8.47. The first-order valence-corrected chi connectivity index (χ1v) is 6.55. The van der Waals surface area contributed by atoms with Crippen LogP contribution >= 0.6 is 11.8 Å². The van der Waals surface area contributed by atoms with Crippen LogP contribution in [0.2, 0.25) is 0 Å². The SMILES string of the molecule is COc1ccc(CCCSC#N)c(OC)c1OC. The van der Waals surface area contributed by atoms with Gasteiger partial charge in [-0.2, -0.15) is 5.26 Å². The van der Waals surface area contributed by atoms with Gasteiger partial charge in [0.25, 0.3) is 0 Å². The van der Waals surface area contributed by atoms with Crippen LogP contribution in [0, 0.1) is 10.7 Å². The summed E-state index contributed by atoms with van der Waals surface area (Å²) in [6, 6.07) is 3.84. The predicted octanol–water partition coefficient (Wildman–Crippen LogP) is 2.86. The van der Waals surface area contributed by atoms with Gasteiger partial charge in [-0.3, -0.25) is 0 Å². The number of rotatable bonds is 7. The van der Waals surface area contributed by atoms with Crippen LogP contribution in [-0.2, 0) is 6.42 Å². The van der Waals surface area contributed by atoms with Gasteiger partial charge in [0, 0.05) is 5.75 Å². The van der Waals surface area contributed by atoms with E-state index >= 15 is 0 Å². The number of nitriles is 1. The summed E-state index contributed by atoms with van der Waals surface area (Å²) in [6.07, 6.45) is 1.77. The van der Waals surface area contributed by atoms with Gasteiger partial charge in [0.05, 0.1) is 21.3 Å². The van der Waals surface area contributed by atoms with E-state index in [0.29, 0.717) is 17.2 Å². The highest BCUT2D eigenvalue weighted by Crippen LogP contribution is 2.40. The number of thiocyanates is 1. The number of benzene rings is 1. The van der Waals surface area contributed by atoms with E-state index in [1.807, 2.05) is 12.1 Å². The van der Waals surface area contributed by atoms with Gasteiger partial charge in [0.2, 0.25) is 5.75 Å². The average molecular weight is 267 g/mol. The van der Waals surface area contributed by atoms with E-state index in [4.69, 9.17) is 19.5 Å². The lowest BCUT2D eigenvalue weighted by Crippen LogP contribution is -1.99. The van der Waals surface area contributed by atoms with Gasteiger partial charge in [0.15, 0.2) is 11.5 Å². The monoisotopic (exact) mass is 267 g/mol. The fourth-order valence-electron chi connectivity index (χ4n) is 1.74. The Labute approximate surface area is 112 Å². The fourth-order valence-corrected chi connectivity index (χ4v) is 2.12. The predicted molar refractivity (Wildman–Crippen MR) is 72.5 cm³/mol. The molecule has 0 unspecified atom stereocenters. The quantitative estimate of drug-likeness (QED) is 0.561. The van der Waals surface area contributed by atoms with Crippen molar-refractivity contribution >= 4 is 11.8 Å². The third-order valence-electron chi connectivity index (χ3n) is 2.54. The van der Waals surface area contributed by atoms with Crippen LogP contribution in [0.15, 0.2) is 12.1 Å². The van der Waals surface area contributed by atoms with Crippen molar-refractivity contribution in [3.05, 3.63) is 17.7 Å². The molecule has 0 saturated carbocycles. The summed E-state index contributed by atoms with van der Waals surface area (Å²) >= 11 is 1.27. The number of thioether (sulfide) groups is 1. The molecule has 4 nitrogen and oxygen atoms in total. The highest BCUT2D eigenvalue weighted by atomic mass is 32.2. The van der Waals surface area contributed by atoms with Crippen LogP contribution < -0.4 is 14.2 Å². The molecule has 0 amide bonds. The molecular formula is C13H17NO3S. The first kappa shape index (κ1) is 14.5. The van der Waals surface area contributed by atoms with Gasteiger partial charge in [-0.25, -0.2) is 0 Å². The summed E-state index contributed by atoms with van der Waals surface area (Å²) in [6.45, 7) is 0. The normalized spacial score (nSPS) is 9.67. The molecule has 98 valence electrons. The van der Waals surface area contributed by atoms with Crippen molar-refractivity contribution in [1.82, 2.24) is 0 Å². The van der Waals surface area contributed by atoms with E-state index in [9.17, 15) is 0 Å². The second kappa shape index (κ2) is 7.72. The smallest absolute Gasteiger partial charge is 0.203 e. The molecule has 0 aromatic heterocycles. The molecule has 0 fully saturated rings. The van der Waals surface area contributed by atoms with E-state index in [0.717, 1.165) is 24.2 Å². The van der Waals surface area contributed by atoms with Gasteiger partial charge < -0.3 is 14.2 Å². The molecule has 5 heteroatoms. The van der Waals surface area contributed by atoms with Gasteiger partial charge in [-0.1, -0.05) is 6.07 Å². The third kappa shape index (κ3) is 3.47. The molecule has 1 rings (SSSR count). The first-order valence-electron chi connectivity index (χ1n) is 5.57. The van der Waals surface area contributed by atoms with Crippen LogP contribution in [0.4, 0.5) is 0 Å². The second-order valence-electron chi connectivity index (χ2n) is 3.54. The van der Waals surface area contributed by atoms with E-state index in [-0.39, 0.29) is 0 Å². The van der Waals surface area contributed by atoms with Crippen molar-refractivity contribution in [2.24, 2.45) is 0 Å². The van der Waals surface area contributed by atoms with Crippen molar-refractivity contribution in [3.63, 3.8) is 0 Å². The number of hydrogen-bond acceptors (Lipinski definition) is 5. The minimum absolute atomic E-state index is 0.616. The molecule has 0 aliphatic carbocycles. The Morgan fingerprint density at radius 2 is 1.83 bits per heavy atom. The Bertz CT molecular complexity index is 429. The first-order chi connectivity index (χ1) is 8.78. The molecule has 0 radical (unpaired) electrons. The maximum atomic E-state index is 8.47. The zero-order valence-electron chi connectivity index (χ0n) is 10.9. The van der Waals surface area contributed by atoms with Gasteiger partial charge in [-0.05, 0) is 36.2 Å². The van der Waals surface area contributed by atoms with Gasteiger partial charge >= 0.3 is 0 Å². The van der Waals surface area contributed by atoms with E-state index in [1.54, 1.807) is 21.3 Å². The minimum Gasteiger partial charge on any atom is -0.493 e. The van der Waals surface area contributed by atoms with Crippen LogP contribution in [0.5, 0.6) is 17.2 Å². The number of methoxy groups -OCH3 is 3. The average Bonchev–Trinajstić information content (AvgIpc) is 2.42. The summed E-state index contributed by atoms with van der Waals surface area (Å²) in [5.74, 6) is 2.79. The lowest BCUT2D eigenvalue weighted by Gasteiger charge is -2.15. The molecule has 18 heavy (non-hydrogen) atoms. The van der Waals surface area contributed by atoms with E-state index < -0.39 is 0 Å². The summed E-state index contributed by atoms with van der Waals surface area (Å²) < 4.78 is 15.9. The topological polar surface area (TPSA) is 51.5 Å². The minimum atomic E-state index is 0.616. The largest absolute Gasteiger partial charge is 0.493 e. The van der Waals surface area contributed by atoms with Crippen LogP contribution in [0.1, 0.15) is 12.0 Å². The fraction of sp³-hybridized carbons (Fsp3) is 0.462. The Morgan fingerprint density at radius 1 is 1.11 bits per heavy atom. The van der Waals surface area contributed by atoms with Gasteiger partial charge in [-0.15, -0.1) is 0 Å². The lowest BCUT2D eigenvalue weighted by atomic mass is 10.1. The molecule has 0 aliphatic heterocycles. The summed E-state index contributed by atoms with van der Waals surface area (Å²) in [7, 11) is 4.81. The molecule has 1 aromatic rings. The molecule has 0 atom stereocenters. The van der Waals surface area contributed by atoms with Gasteiger partial charge in [0.1, 0.15) is 5.40 Å². The van der Waals surface area contributed by atoms with Crippen molar-refractivity contribution < 1.29 is 14.2 Å². The highest BCUT2D eigenvalue weighted by molar-refractivity contribution is 8.03. The zero-order chi connectivity index (χ0) is 13.4. The molecular weight excluding hydrogens is 250 g/mol. The molecule has 0 heterocycles. The van der Waals surface area contributed by atoms with E-state index in [2.05, 4.69) is 5.40 Å². The zero-order valence-corrected chi connectivity index (χ0v) is 11.7. The number of ether oxygens (including phenoxy) is 3. The van der Waals surface area contributed by atoms with Crippen molar-refractivity contribution in [2.75, 3.05) is 27.1 Å². The van der Waals surface area contributed by atoms with Crippen molar-refractivity contribution in [1.29, 1.82) is 5.26 Å². The maximum Gasteiger partial charge on any atom is 0.203 e. The molecule has 0 spiro atoms. The molecule has 0 saturated heterocycles. The molecule has 0 aliphatic rings. The molecule has 1 aromatic carbocycles. The number of nitrogens with zero attached hydrogens (tertiary/aromatic N) is 1. The van der Waals surface area contributed by atoms with Crippen LogP contribution in [0.3, 0.4) is 0 Å². The van der Waals surface area contributed by atoms with Crippen molar-refractivity contribution in [3.8, 4) is 22.6 Å². The Morgan fingerprint density at radius 3 is 2.39 bits per heavy atom. The lowest BCUT2D eigenvalue weighted by molar-refractivity contribution is 0.322.